The minimum atomic E-state index is -0.391. The van der Waals surface area contributed by atoms with Gasteiger partial charge in [0.25, 0.3) is 0 Å². The minimum Gasteiger partial charge on any atom is -0.293 e. The van der Waals surface area contributed by atoms with Crippen molar-refractivity contribution in [2.75, 3.05) is 0 Å². The summed E-state index contributed by atoms with van der Waals surface area (Å²) in [7, 11) is 0. The summed E-state index contributed by atoms with van der Waals surface area (Å²) in [4.78, 5) is 37.0. The van der Waals surface area contributed by atoms with Gasteiger partial charge in [0.2, 0.25) is 5.91 Å². The minimum absolute atomic E-state index is 0.00250. The molecule has 14 heavy (non-hydrogen) atoms. The first-order valence-electron chi connectivity index (χ1n) is 4.05. The van der Waals surface area contributed by atoms with Crippen LogP contribution in [0.15, 0.2) is 6.20 Å². The number of hydrogen-bond donors (Lipinski definition) is 0. The molecule has 0 unspecified atom stereocenters. The average molecular weight is 194 g/mol. The number of ketones is 2. The van der Waals surface area contributed by atoms with E-state index < -0.39 is 5.91 Å². The molecule has 0 aliphatic heterocycles. The van der Waals surface area contributed by atoms with Gasteiger partial charge in [0.05, 0.1) is 6.20 Å². The van der Waals surface area contributed by atoms with E-state index in [2.05, 4.69) is 4.98 Å². The quantitative estimate of drug-likeness (QED) is 0.657. The fourth-order valence-electron chi connectivity index (χ4n) is 1.17. The van der Waals surface area contributed by atoms with Crippen molar-refractivity contribution in [3.8, 4) is 0 Å². The van der Waals surface area contributed by atoms with E-state index in [0.717, 1.165) is 4.57 Å². The predicted octanol–water partition coefficient (Wildman–Crippen LogP) is 0.948. The smallest absolute Gasteiger partial charge is 0.229 e. The molecule has 0 aliphatic carbocycles. The normalized spacial score (nSPS) is 9.93. The van der Waals surface area contributed by atoms with E-state index in [9.17, 15) is 14.4 Å². The zero-order valence-corrected chi connectivity index (χ0v) is 8.20. The molecule has 0 radical (unpaired) electrons. The van der Waals surface area contributed by atoms with Crippen LogP contribution >= 0.6 is 0 Å². The topological polar surface area (TPSA) is 69.0 Å². The summed E-state index contributed by atoms with van der Waals surface area (Å²) in [5.41, 5.74) is 0.141. The Hall–Kier alpha value is -1.78. The van der Waals surface area contributed by atoms with Crippen LogP contribution in [0, 0.1) is 0 Å². The average Bonchev–Trinajstić information content (AvgIpc) is 2.46. The third kappa shape index (κ3) is 1.61. The Labute approximate surface area is 80.7 Å². The van der Waals surface area contributed by atoms with Gasteiger partial charge in [-0.3, -0.25) is 19.0 Å². The number of hydrogen-bond acceptors (Lipinski definition) is 4. The van der Waals surface area contributed by atoms with Gasteiger partial charge >= 0.3 is 0 Å². The summed E-state index contributed by atoms with van der Waals surface area (Å²) in [6.07, 6.45) is 1.24. The maximum atomic E-state index is 11.2. The summed E-state index contributed by atoms with van der Waals surface area (Å²) in [5.74, 6) is -1.02. The first-order valence-corrected chi connectivity index (χ1v) is 4.05. The molecule has 0 N–H and O–H groups in total. The molecule has 0 saturated carbocycles. The van der Waals surface area contributed by atoms with Crippen molar-refractivity contribution in [3.05, 3.63) is 17.7 Å². The van der Waals surface area contributed by atoms with E-state index >= 15 is 0 Å². The third-order valence-corrected chi connectivity index (χ3v) is 1.75. The maximum absolute atomic E-state index is 11.2. The molecule has 0 amide bonds. The lowest BCUT2D eigenvalue weighted by Crippen LogP contribution is -2.17. The van der Waals surface area contributed by atoms with Crippen molar-refractivity contribution in [1.29, 1.82) is 0 Å². The highest BCUT2D eigenvalue weighted by molar-refractivity contribution is 6.01. The molecule has 1 heterocycles. The van der Waals surface area contributed by atoms with Crippen molar-refractivity contribution >= 4 is 17.5 Å². The number of carbonyl (C=O) groups excluding carboxylic acids is 3. The summed E-state index contributed by atoms with van der Waals surface area (Å²) < 4.78 is 1.03. The fraction of sp³-hybridized carbons (Fsp3) is 0.333. The molecule has 0 saturated heterocycles. The predicted molar refractivity (Wildman–Crippen MR) is 48.5 cm³/mol. The van der Waals surface area contributed by atoms with Gasteiger partial charge < -0.3 is 0 Å². The summed E-state index contributed by atoms with van der Waals surface area (Å²) in [6.45, 7) is 3.90. The van der Waals surface area contributed by atoms with Gasteiger partial charge in [-0.1, -0.05) is 0 Å². The third-order valence-electron chi connectivity index (χ3n) is 1.75. The molecule has 0 atom stereocenters. The van der Waals surface area contributed by atoms with Gasteiger partial charge in [-0.15, -0.1) is 0 Å². The number of nitrogens with zero attached hydrogens (tertiary/aromatic N) is 2. The highest BCUT2D eigenvalue weighted by Crippen LogP contribution is 2.07. The Balaban J connectivity index is 3.42. The lowest BCUT2D eigenvalue weighted by Gasteiger charge is -2.02. The molecule has 5 nitrogen and oxygen atoms in total. The van der Waals surface area contributed by atoms with Crippen molar-refractivity contribution in [1.82, 2.24) is 9.55 Å². The Morgan fingerprint density at radius 3 is 2.07 bits per heavy atom. The number of rotatable bonds is 2. The second-order valence-corrected chi connectivity index (χ2v) is 2.93. The van der Waals surface area contributed by atoms with E-state index in [1.54, 1.807) is 0 Å². The van der Waals surface area contributed by atoms with Crippen LogP contribution in [0.5, 0.6) is 0 Å². The standard InChI is InChI=1S/C9H10N2O3/c1-5(12)8-4-10-9(6(2)13)11(8)7(3)14/h4H,1-3H3. The lowest BCUT2D eigenvalue weighted by atomic mass is 10.3. The van der Waals surface area contributed by atoms with Gasteiger partial charge in [-0.05, 0) is 0 Å². The van der Waals surface area contributed by atoms with Crippen LogP contribution in [-0.4, -0.2) is 27.0 Å². The SMILES string of the molecule is CC(=O)c1cnc(C(C)=O)n1C(C)=O. The van der Waals surface area contributed by atoms with Gasteiger partial charge in [0, 0.05) is 20.8 Å². The molecule has 74 valence electrons. The molecule has 0 spiro atoms. The van der Waals surface area contributed by atoms with Crippen molar-refractivity contribution in [2.24, 2.45) is 0 Å². The molecule has 0 fully saturated rings. The summed E-state index contributed by atoms with van der Waals surface area (Å²) >= 11 is 0. The summed E-state index contributed by atoms with van der Waals surface area (Å²) in [6, 6.07) is 0. The Morgan fingerprint density at radius 2 is 1.71 bits per heavy atom. The molecule has 0 aliphatic rings. The number of aromatic nitrogens is 2. The Morgan fingerprint density at radius 1 is 1.14 bits per heavy atom. The zero-order chi connectivity index (χ0) is 10.9. The molecular weight excluding hydrogens is 184 g/mol. The van der Waals surface area contributed by atoms with Crippen LogP contribution in [0.1, 0.15) is 46.7 Å². The van der Waals surface area contributed by atoms with E-state index in [1.165, 1.54) is 27.0 Å². The van der Waals surface area contributed by atoms with Gasteiger partial charge in [0.1, 0.15) is 5.69 Å². The second kappa shape index (κ2) is 3.53. The van der Waals surface area contributed by atoms with Crippen LogP contribution in [-0.2, 0) is 0 Å². The van der Waals surface area contributed by atoms with Crippen molar-refractivity contribution in [3.63, 3.8) is 0 Å². The van der Waals surface area contributed by atoms with Crippen molar-refractivity contribution in [2.45, 2.75) is 20.8 Å². The number of imidazole rings is 1. The Kier molecular flexibility index (Phi) is 2.60. The van der Waals surface area contributed by atoms with Crippen molar-refractivity contribution < 1.29 is 14.4 Å². The first-order chi connectivity index (χ1) is 6.45. The van der Waals surface area contributed by atoms with Crippen LogP contribution in [0.2, 0.25) is 0 Å². The van der Waals surface area contributed by atoms with Gasteiger partial charge in [-0.25, -0.2) is 4.98 Å². The second-order valence-electron chi connectivity index (χ2n) is 2.93. The van der Waals surface area contributed by atoms with Crippen LogP contribution in [0.25, 0.3) is 0 Å². The van der Waals surface area contributed by atoms with E-state index in [-0.39, 0.29) is 23.1 Å². The van der Waals surface area contributed by atoms with Crippen LogP contribution < -0.4 is 0 Å². The van der Waals surface area contributed by atoms with Gasteiger partial charge in [0.15, 0.2) is 17.4 Å². The molecular formula is C9H10N2O3. The highest BCUT2D eigenvalue weighted by Gasteiger charge is 2.18. The number of Topliss-reactive ketones (excluding diaryl/α,β-unsaturated/α-hetero) is 2. The first kappa shape index (κ1) is 10.3. The van der Waals surface area contributed by atoms with E-state index in [0.29, 0.717) is 0 Å². The Bertz CT molecular complexity index is 386. The molecule has 1 aromatic heterocycles. The molecule has 5 heteroatoms. The summed E-state index contributed by atoms with van der Waals surface area (Å²) in [5, 5.41) is 0. The molecule has 1 rings (SSSR count). The molecule has 0 bridgehead atoms. The number of carbonyl (C=O) groups is 3. The van der Waals surface area contributed by atoms with Crippen LogP contribution in [0.3, 0.4) is 0 Å². The fourth-order valence-corrected chi connectivity index (χ4v) is 1.17. The zero-order valence-electron chi connectivity index (χ0n) is 8.20. The highest BCUT2D eigenvalue weighted by atomic mass is 16.2. The maximum Gasteiger partial charge on any atom is 0.229 e. The monoisotopic (exact) mass is 194 g/mol. The largest absolute Gasteiger partial charge is 0.293 e. The van der Waals surface area contributed by atoms with Crippen LogP contribution in [0.4, 0.5) is 0 Å². The molecule has 1 aromatic rings. The van der Waals surface area contributed by atoms with E-state index in [4.69, 9.17) is 0 Å². The lowest BCUT2D eigenvalue weighted by molar-refractivity contribution is 0.0887. The van der Waals surface area contributed by atoms with Gasteiger partial charge in [-0.2, -0.15) is 0 Å². The molecule has 0 aromatic carbocycles. The van der Waals surface area contributed by atoms with E-state index in [1.807, 2.05) is 0 Å².